The maximum absolute atomic E-state index is 12.3. The molecule has 0 saturated carbocycles. The number of likely N-dealkylation sites (tertiary alicyclic amines) is 1. The minimum absolute atomic E-state index is 0.0697. The van der Waals surface area contributed by atoms with Crippen molar-refractivity contribution in [3.05, 3.63) is 24.3 Å². The van der Waals surface area contributed by atoms with Crippen LogP contribution in [-0.4, -0.2) is 45.8 Å². The molecule has 0 N–H and O–H groups in total. The van der Waals surface area contributed by atoms with E-state index in [1.807, 2.05) is 20.8 Å². The predicted octanol–water partition coefficient (Wildman–Crippen LogP) is 2.78. The Hall–Kier alpha value is -1.69. The van der Waals surface area contributed by atoms with Gasteiger partial charge < -0.3 is 14.4 Å². The van der Waals surface area contributed by atoms with Crippen molar-refractivity contribution in [2.75, 3.05) is 13.2 Å². The Labute approximate surface area is 131 Å². The average molecular weight is 307 g/mol. The van der Waals surface area contributed by atoms with Gasteiger partial charge in [0.25, 0.3) is 0 Å². The summed E-state index contributed by atoms with van der Waals surface area (Å²) < 4.78 is 11.2. The molecular weight excluding hydrogens is 282 g/mol. The molecule has 2 heterocycles. The molecule has 1 aromatic heterocycles. The minimum atomic E-state index is -0.473. The number of ether oxygens (including phenoxy) is 2. The first-order valence-corrected chi connectivity index (χ1v) is 7.78. The quantitative estimate of drug-likeness (QED) is 0.856. The number of aromatic nitrogens is 2. The molecule has 1 fully saturated rings. The number of amides is 1. The number of nitrogens with zero attached hydrogens (tertiary/aromatic N) is 3. The van der Waals surface area contributed by atoms with Crippen LogP contribution in [0.4, 0.5) is 4.79 Å². The van der Waals surface area contributed by atoms with Crippen LogP contribution in [0.15, 0.2) is 18.6 Å². The molecule has 122 valence electrons. The van der Waals surface area contributed by atoms with Gasteiger partial charge >= 0.3 is 6.09 Å². The summed E-state index contributed by atoms with van der Waals surface area (Å²) in [6.07, 6.45) is 7.78. The molecule has 0 aromatic carbocycles. The van der Waals surface area contributed by atoms with Crippen LogP contribution in [0.2, 0.25) is 0 Å². The van der Waals surface area contributed by atoms with E-state index in [1.165, 1.54) is 0 Å². The Kier molecular flexibility index (Phi) is 5.71. The van der Waals surface area contributed by atoms with Gasteiger partial charge in [-0.15, -0.1) is 0 Å². The van der Waals surface area contributed by atoms with Gasteiger partial charge in [-0.25, -0.2) is 4.79 Å². The topological polar surface area (TPSA) is 64.5 Å². The highest BCUT2D eigenvalue weighted by molar-refractivity contribution is 5.68. The SMILES string of the molecule is CC(C)(C)OC(=O)N1CCCC[C@@H]1COCc1cnccn1. The van der Waals surface area contributed by atoms with Gasteiger partial charge in [-0.2, -0.15) is 0 Å². The maximum Gasteiger partial charge on any atom is 0.410 e. The van der Waals surface area contributed by atoms with Gasteiger partial charge in [0.1, 0.15) is 5.60 Å². The molecule has 6 nitrogen and oxygen atoms in total. The molecule has 6 heteroatoms. The standard InChI is InChI=1S/C16H25N3O3/c1-16(2,3)22-15(20)19-9-5-4-6-14(19)12-21-11-13-10-17-7-8-18-13/h7-8,10,14H,4-6,9,11-12H2,1-3H3/t14-/m1/s1. The number of carbonyl (C=O) groups excluding carboxylic acids is 1. The Morgan fingerprint density at radius 2 is 2.18 bits per heavy atom. The fourth-order valence-electron chi connectivity index (χ4n) is 2.44. The highest BCUT2D eigenvalue weighted by Crippen LogP contribution is 2.20. The molecule has 1 atom stereocenters. The van der Waals surface area contributed by atoms with E-state index in [4.69, 9.17) is 9.47 Å². The Bertz CT molecular complexity index is 473. The summed E-state index contributed by atoms with van der Waals surface area (Å²) in [6.45, 7) is 7.29. The molecule has 1 aromatic rings. The lowest BCUT2D eigenvalue weighted by Crippen LogP contribution is -2.48. The lowest BCUT2D eigenvalue weighted by atomic mass is 10.0. The van der Waals surface area contributed by atoms with E-state index in [0.29, 0.717) is 13.2 Å². The van der Waals surface area contributed by atoms with Crippen LogP contribution in [0.3, 0.4) is 0 Å². The fraction of sp³-hybridized carbons (Fsp3) is 0.688. The third kappa shape index (κ3) is 5.26. The van der Waals surface area contributed by atoms with Gasteiger partial charge in [-0.3, -0.25) is 9.97 Å². The van der Waals surface area contributed by atoms with Crippen molar-refractivity contribution in [1.29, 1.82) is 0 Å². The molecule has 1 saturated heterocycles. The van der Waals surface area contributed by atoms with E-state index in [1.54, 1.807) is 23.5 Å². The Morgan fingerprint density at radius 1 is 1.36 bits per heavy atom. The van der Waals surface area contributed by atoms with Gasteiger partial charge in [0.05, 0.1) is 31.1 Å². The summed E-state index contributed by atoms with van der Waals surface area (Å²) in [5.74, 6) is 0. The van der Waals surface area contributed by atoms with Crippen LogP contribution in [0.25, 0.3) is 0 Å². The number of rotatable bonds is 4. The zero-order valence-corrected chi connectivity index (χ0v) is 13.6. The third-order valence-electron chi connectivity index (χ3n) is 3.43. The van der Waals surface area contributed by atoms with Crippen LogP contribution < -0.4 is 0 Å². The minimum Gasteiger partial charge on any atom is -0.444 e. The van der Waals surface area contributed by atoms with Crippen molar-refractivity contribution in [3.8, 4) is 0 Å². The van der Waals surface area contributed by atoms with E-state index in [0.717, 1.165) is 31.5 Å². The molecule has 0 unspecified atom stereocenters. The smallest absolute Gasteiger partial charge is 0.410 e. The van der Waals surface area contributed by atoms with Crippen LogP contribution in [0.5, 0.6) is 0 Å². The maximum atomic E-state index is 12.3. The monoisotopic (exact) mass is 307 g/mol. The van der Waals surface area contributed by atoms with Crippen molar-refractivity contribution in [1.82, 2.24) is 14.9 Å². The molecule has 0 radical (unpaired) electrons. The van der Waals surface area contributed by atoms with E-state index in [2.05, 4.69) is 9.97 Å². The van der Waals surface area contributed by atoms with E-state index >= 15 is 0 Å². The summed E-state index contributed by atoms with van der Waals surface area (Å²) in [5, 5.41) is 0. The second-order valence-corrected chi connectivity index (χ2v) is 6.54. The first kappa shape index (κ1) is 16.7. The van der Waals surface area contributed by atoms with Crippen molar-refractivity contribution in [3.63, 3.8) is 0 Å². The first-order valence-electron chi connectivity index (χ1n) is 7.78. The fourth-order valence-corrected chi connectivity index (χ4v) is 2.44. The second kappa shape index (κ2) is 7.54. The zero-order chi connectivity index (χ0) is 16.0. The number of piperidine rings is 1. The lowest BCUT2D eigenvalue weighted by Gasteiger charge is -2.36. The van der Waals surface area contributed by atoms with Gasteiger partial charge in [0.15, 0.2) is 0 Å². The lowest BCUT2D eigenvalue weighted by molar-refractivity contribution is -0.0103. The predicted molar refractivity (Wildman–Crippen MR) is 82.3 cm³/mol. The highest BCUT2D eigenvalue weighted by atomic mass is 16.6. The van der Waals surface area contributed by atoms with Gasteiger partial charge in [-0.05, 0) is 40.0 Å². The van der Waals surface area contributed by atoms with Crippen molar-refractivity contribution in [2.45, 2.75) is 58.3 Å². The van der Waals surface area contributed by atoms with Crippen LogP contribution >= 0.6 is 0 Å². The van der Waals surface area contributed by atoms with E-state index in [-0.39, 0.29) is 12.1 Å². The molecule has 22 heavy (non-hydrogen) atoms. The molecule has 1 amide bonds. The Balaban J connectivity index is 1.85. The largest absolute Gasteiger partial charge is 0.444 e. The van der Waals surface area contributed by atoms with E-state index < -0.39 is 5.60 Å². The summed E-state index contributed by atoms with van der Waals surface area (Å²) in [5.41, 5.74) is 0.321. The van der Waals surface area contributed by atoms with Crippen molar-refractivity contribution in [2.24, 2.45) is 0 Å². The average Bonchev–Trinajstić information content (AvgIpc) is 2.47. The number of hydrogen-bond donors (Lipinski definition) is 0. The molecule has 1 aliphatic heterocycles. The van der Waals surface area contributed by atoms with Crippen molar-refractivity contribution >= 4 is 6.09 Å². The first-order chi connectivity index (χ1) is 10.5. The Morgan fingerprint density at radius 3 is 2.86 bits per heavy atom. The summed E-state index contributed by atoms with van der Waals surface area (Å²) in [6, 6.07) is 0.0697. The van der Waals surface area contributed by atoms with Gasteiger partial charge in [0, 0.05) is 18.9 Å². The third-order valence-corrected chi connectivity index (χ3v) is 3.43. The van der Waals surface area contributed by atoms with Crippen LogP contribution in [-0.2, 0) is 16.1 Å². The molecule has 1 aliphatic rings. The number of carbonyl (C=O) groups is 1. The van der Waals surface area contributed by atoms with E-state index in [9.17, 15) is 4.79 Å². The van der Waals surface area contributed by atoms with Gasteiger partial charge in [0.2, 0.25) is 0 Å². The molecular formula is C16H25N3O3. The molecule has 0 bridgehead atoms. The normalized spacial score (nSPS) is 19.0. The summed E-state index contributed by atoms with van der Waals surface area (Å²) in [4.78, 5) is 22.3. The molecule has 0 aliphatic carbocycles. The second-order valence-electron chi connectivity index (χ2n) is 6.54. The van der Waals surface area contributed by atoms with Crippen molar-refractivity contribution < 1.29 is 14.3 Å². The summed E-state index contributed by atoms with van der Waals surface area (Å²) >= 11 is 0. The highest BCUT2D eigenvalue weighted by Gasteiger charge is 2.30. The zero-order valence-electron chi connectivity index (χ0n) is 13.6. The number of hydrogen-bond acceptors (Lipinski definition) is 5. The van der Waals surface area contributed by atoms with Crippen LogP contribution in [0, 0.1) is 0 Å². The summed E-state index contributed by atoms with van der Waals surface area (Å²) in [7, 11) is 0. The molecule has 2 rings (SSSR count). The molecule has 0 spiro atoms. The van der Waals surface area contributed by atoms with Gasteiger partial charge in [-0.1, -0.05) is 0 Å². The van der Waals surface area contributed by atoms with Crippen LogP contribution in [0.1, 0.15) is 45.7 Å².